The first-order valence-corrected chi connectivity index (χ1v) is 11.4. The van der Waals surface area contributed by atoms with Gasteiger partial charge in [-0.15, -0.1) is 0 Å². The van der Waals surface area contributed by atoms with Gasteiger partial charge in [0.15, 0.2) is 0 Å². The fraction of sp³-hybridized carbons (Fsp3) is 0.381. The summed E-state index contributed by atoms with van der Waals surface area (Å²) in [5.74, 6) is 1.19. The molecule has 0 bridgehead atoms. The Labute approximate surface area is 166 Å². The molecular formula is C21H26N4O2S. The normalized spacial score (nSPS) is 16.6. The van der Waals surface area contributed by atoms with E-state index in [1.54, 1.807) is 11.2 Å². The molecule has 148 valence electrons. The van der Waals surface area contributed by atoms with Gasteiger partial charge in [0.1, 0.15) is 5.82 Å². The number of imidazole rings is 1. The third kappa shape index (κ3) is 3.97. The fourth-order valence-electron chi connectivity index (χ4n) is 3.74. The summed E-state index contributed by atoms with van der Waals surface area (Å²) in [6.45, 7) is 5.77. The maximum absolute atomic E-state index is 12.1. The van der Waals surface area contributed by atoms with Gasteiger partial charge in [0.05, 0.1) is 23.3 Å². The Bertz CT molecular complexity index is 1040. The van der Waals surface area contributed by atoms with E-state index in [2.05, 4.69) is 39.8 Å². The minimum absolute atomic E-state index is 0.167. The molecule has 1 aromatic heterocycles. The average molecular weight is 399 g/mol. The highest BCUT2D eigenvalue weighted by atomic mass is 32.2. The molecule has 3 aromatic rings. The third-order valence-corrected chi connectivity index (χ3v) is 7.25. The van der Waals surface area contributed by atoms with Crippen LogP contribution >= 0.6 is 0 Å². The van der Waals surface area contributed by atoms with E-state index in [4.69, 9.17) is 4.98 Å². The van der Waals surface area contributed by atoms with Crippen molar-refractivity contribution in [2.45, 2.75) is 20.0 Å². The monoisotopic (exact) mass is 398 g/mol. The van der Waals surface area contributed by atoms with E-state index < -0.39 is 10.0 Å². The van der Waals surface area contributed by atoms with Crippen LogP contribution in [0.2, 0.25) is 0 Å². The zero-order valence-electron chi connectivity index (χ0n) is 16.2. The van der Waals surface area contributed by atoms with Gasteiger partial charge in [0, 0.05) is 32.7 Å². The molecule has 2 aromatic carbocycles. The van der Waals surface area contributed by atoms with Gasteiger partial charge in [-0.3, -0.25) is 4.90 Å². The Morgan fingerprint density at radius 2 is 1.57 bits per heavy atom. The van der Waals surface area contributed by atoms with Gasteiger partial charge in [-0.1, -0.05) is 42.5 Å². The standard InChI is InChI=1S/C21H26N4O2S/c1-2-28(26,27)24-14-12-23(13-15-24)17-21-22-19-10-6-7-11-20(19)25(21)16-18-8-4-3-5-9-18/h3-11H,2,12-17H2,1H3. The molecule has 2 heterocycles. The van der Waals surface area contributed by atoms with Crippen LogP contribution in [0.15, 0.2) is 54.6 Å². The van der Waals surface area contributed by atoms with Gasteiger partial charge in [0.2, 0.25) is 10.0 Å². The summed E-state index contributed by atoms with van der Waals surface area (Å²) in [5, 5.41) is 0. The largest absolute Gasteiger partial charge is 0.322 e. The number of piperazine rings is 1. The van der Waals surface area contributed by atoms with Crippen LogP contribution in [0.4, 0.5) is 0 Å². The van der Waals surface area contributed by atoms with Crippen molar-refractivity contribution in [2.75, 3.05) is 31.9 Å². The molecule has 7 heteroatoms. The summed E-state index contributed by atoms with van der Waals surface area (Å²) in [5.41, 5.74) is 3.37. The number of aromatic nitrogens is 2. The fourth-order valence-corrected chi connectivity index (χ4v) is 4.82. The molecule has 4 rings (SSSR count). The Balaban J connectivity index is 1.55. The van der Waals surface area contributed by atoms with Crippen molar-refractivity contribution < 1.29 is 8.42 Å². The molecule has 6 nitrogen and oxygen atoms in total. The first kappa shape index (κ1) is 19.1. The van der Waals surface area contributed by atoms with Crippen molar-refractivity contribution in [1.29, 1.82) is 0 Å². The van der Waals surface area contributed by atoms with Gasteiger partial charge in [-0.25, -0.2) is 13.4 Å². The smallest absolute Gasteiger partial charge is 0.213 e. The predicted octanol–water partition coefficient (Wildman–Crippen LogP) is 2.55. The average Bonchev–Trinajstić information content (AvgIpc) is 3.06. The molecule has 1 saturated heterocycles. The van der Waals surface area contributed by atoms with E-state index in [1.807, 2.05) is 24.3 Å². The number of sulfonamides is 1. The number of benzene rings is 2. The summed E-state index contributed by atoms with van der Waals surface area (Å²) in [6.07, 6.45) is 0. The summed E-state index contributed by atoms with van der Waals surface area (Å²) >= 11 is 0. The van der Waals surface area contributed by atoms with Crippen LogP contribution in [0.25, 0.3) is 11.0 Å². The van der Waals surface area contributed by atoms with Crippen LogP contribution in [-0.4, -0.2) is 59.1 Å². The number of nitrogens with zero attached hydrogens (tertiary/aromatic N) is 4. The zero-order chi connectivity index (χ0) is 19.6. The maximum atomic E-state index is 12.1. The molecule has 0 spiro atoms. The molecule has 0 saturated carbocycles. The second kappa shape index (κ2) is 8.03. The van der Waals surface area contributed by atoms with Crippen LogP contribution in [0, 0.1) is 0 Å². The Hall–Kier alpha value is -2.22. The maximum Gasteiger partial charge on any atom is 0.213 e. The Kier molecular flexibility index (Phi) is 5.48. The lowest BCUT2D eigenvalue weighted by atomic mass is 10.2. The molecule has 28 heavy (non-hydrogen) atoms. The van der Waals surface area contributed by atoms with E-state index in [-0.39, 0.29) is 5.75 Å². The molecule has 0 amide bonds. The van der Waals surface area contributed by atoms with Gasteiger partial charge < -0.3 is 4.57 Å². The van der Waals surface area contributed by atoms with E-state index in [1.165, 1.54) is 5.56 Å². The summed E-state index contributed by atoms with van der Waals surface area (Å²) in [4.78, 5) is 7.17. The number of hydrogen-bond acceptors (Lipinski definition) is 4. The second-order valence-corrected chi connectivity index (χ2v) is 9.42. The molecule has 0 atom stereocenters. The van der Waals surface area contributed by atoms with Crippen molar-refractivity contribution in [3.63, 3.8) is 0 Å². The Morgan fingerprint density at radius 3 is 2.29 bits per heavy atom. The van der Waals surface area contributed by atoms with Crippen molar-refractivity contribution in [3.8, 4) is 0 Å². The minimum Gasteiger partial charge on any atom is -0.322 e. The lowest BCUT2D eigenvalue weighted by Gasteiger charge is -2.33. The van der Waals surface area contributed by atoms with Crippen LogP contribution < -0.4 is 0 Å². The van der Waals surface area contributed by atoms with Gasteiger partial charge in [-0.2, -0.15) is 4.31 Å². The molecule has 0 aliphatic carbocycles. The van der Waals surface area contributed by atoms with E-state index in [0.717, 1.165) is 43.0 Å². The first-order chi connectivity index (χ1) is 13.6. The zero-order valence-corrected chi connectivity index (χ0v) is 17.0. The predicted molar refractivity (Wildman–Crippen MR) is 112 cm³/mol. The molecule has 0 unspecified atom stereocenters. The Morgan fingerprint density at radius 1 is 0.893 bits per heavy atom. The van der Waals surface area contributed by atoms with Crippen molar-refractivity contribution in [1.82, 2.24) is 18.8 Å². The van der Waals surface area contributed by atoms with Crippen LogP contribution in [-0.2, 0) is 23.1 Å². The van der Waals surface area contributed by atoms with Crippen molar-refractivity contribution in [3.05, 3.63) is 66.0 Å². The first-order valence-electron chi connectivity index (χ1n) is 9.75. The van der Waals surface area contributed by atoms with Gasteiger partial charge in [-0.05, 0) is 24.6 Å². The van der Waals surface area contributed by atoms with Crippen molar-refractivity contribution >= 4 is 21.1 Å². The molecule has 0 N–H and O–H groups in total. The van der Waals surface area contributed by atoms with Crippen molar-refractivity contribution in [2.24, 2.45) is 0 Å². The molecule has 1 fully saturated rings. The lowest BCUT2D eigenvalue weighted by Crippen LogP contribution is -2.48. The third-order valence-electron chi connectivity index (χ3n) is 5.37. The van der Waals surface area contributed by atoms with E-state index >= 15 is 0 Å². The lowest BCUT2D eigenvalue weighted by molar-refractivity contribution is 0.177. The quantitative estimate of drug-likeness (QED) is 0.640. The number of rotatable bonds is 6. The number of para-hydroxylation sites is 2. The summed E-state index contributed by atoms with van der Waals surface area (Å²) in [6, 6.07) is 18.6. The van der Waals surface area contributed by atoms with Crippen LogP contribution in [0.5, 0.6) is 0 Å². The summed E-state index contributed by atoms with van der Waals surface area (Å²) in [7, 11) is -3.10. The molecular weight excluding hydrogens is 372 g/mol. The van der Waals surface area contributed by atoms with Gasteiger partial charge in [0.25, 0.3) is 0 Å². The minimum atomic E-state index is -3.10. The van der Waals surface area contributed by atoms with E-state index in [0.29, 0.717) is 13.1 Å². The summed E-state index contributed by atoms with van der Waals surface area (Å²) < 4.78 is 28.1. The highest BCUT2D eigenvalue weighted by molar-refractivity contribution is 7.89. The van der Waals surface area contributed by atoms with Gasteiger partial charge >= 0.3 is 0 Å². The second-order valence-electron chi connectivity index (χ2n) is 7.16. The number of hydrogen-bond donors (Lipinski definition) is 0. The van der Waals surface area contributed by atoms with Crippen LogP contribution in [0.1, 0.15) is 18.3 Å². The molecule has 1 aliphatic heterocycles. The highest BCUT2D eigenvalue weighted by Gasteiger charge is 2.26. The SMILES string of the molecule is CCS(=O)(=O)N1CCN(Cc2nc3ccccc3n2Cc2ccccc2)CC1. The molecule has 1 aliphatic rings. The van der Waals surface area contributed by atoms with Crippen LogP contribution in [0.3, 0.4) is 0 Å². The number of fused-ring (bicyclic) bond motifs is 1. The van der Waals surface area contributed by atoms with E-state index in [9.17, 15) is 8.42 Å². The highest BCUT2D eigenvalue weighted by Crippen LogP contribution is 2.20. The molecule has 0 radical (unpaired) electrons. The topological polar surface area (TPSA) is 58.4 Å².